The Hall–Kier alpha value is -1.39. The number of fused-ring (bicyclic) bond motifs is 1. The summed E-state index contributed by atoms with van der Waals surface area (Å²) in [5.41, 5.74) is 6.10. The Balaban J connectivity index is 2.21. The number of amides is 1. The normalized spacial score (nSPS) is 11.6. The number of nitrogens with one attached hydrogen (secondary N) is 1. The molecule has 0 atom stereocenters. The summed E-state index contributed by atoms with van der Waals surface area (Å²) < 4.78 is 1.03. The average Bonchev–Trinajstić information content (AvgIpc) is 2.34. The third-order valence-corrected chi connectivity index (χ3v) is 3.26. The van der Waals surface area contributed by atoms with E-state index < -0.39 is 5.54 Å². The van der Waals surface area contributed by atoms with Gasteiger partial charge in [0.05, 0.1) is 0 Å². The summed E-state index contributed by atoms with van der Waals surface area (Å²) in [6.07, 6.45) is 0. The molecule has 19 heavy (non-hydrogen) atoms. The molecule has 0 heterocycles. The predicted octanol–water partition coefficient (Wildman–Crippen LogP) is 3.07. The summed E-state index contributed by atoms with van der Waals surface area (Å²) >= 11 is 3.43. The first-order valence-corrected chi connectivity index (χ1v) is 6.91. The Labute approximate surface area is 121 Å². The van der Waals surface area contributed by atoms with Crippen LogP contribution >= 0.6 is 15.9 Å². The van der Waals surface area contributed by atoms with Crippen LogP contribution in [0.5, 0.6) is 0 Å². The molecule has 0 aliphatic rings. The van der Waals surface area contributed by atoms with Crippen LogP contribution in [0.25, 0.3) is 10.8 Å². The minimum Gasteiger partial charge on any atom is -0.350 e. The molecule has 3 nitrogen and oxygen atoms in total. The number of carbonyl (C=O) groups excluding carboxylic acids is 1. The maximum Gasteiger partial charge on any atom is 0.251 e. The van der Waals surface area contributed by atoms with Crippen molar-refractivity contribution < 1.29 is 4.79 Å². The number of hydrogen-bond acceptors (Lipinski definition) is 2. The highest BCUT2D eigenvalue weighted by molar-refractivity contribution is 9.10. The topological polar surface area (TPSA) is 55.1 Å². The highest BCUT2D eigenvalue weighted by atomic mass is 79.9. The molecule has 0 unspecified atom stereocenters. The fraction of sp³-hybridized carbons (Fsp3) is 0.267. The number of benzene rings is 2. The largest absolute Gasteiger partial charge is 0.350 e. The standard InChI is InChI=1S/C15H17BrN2O/c1-15(2,17)9-18-14(19)12-4-3-11-8-13(16)6-5-10(11)7-12/h3-8H,9,17H2,1-2H3,(H,18,19). The Morgan fingerprint density at radius 3 is 2.53 bits per heavy atom. The third kappa shape index (κ3) is 3.78. The molecule has 0 aliphatic carbocycles. The Morgan fingerprint density at radius 1 is 1.21 bits per heavy atom. The Morgan fingerprint density at radius 2 is 1.84 bits per heavy atom. The van der Waals surface area contributed by atoms with Crippen molar-refractivity contribution in [1.82, 2.24) is 5.32 Å². The fourth-order valence-corrected chi connectivity index (χ4v) is 2.15. The maximum absolute atomic E-state index is 12.0. The van der Waals surface area contributed by atoms with Crippen LogP contribution in [-0.4, -0.2) is 18.0 Å². The van der Waals surface area contributed by atoms with E-state index in [2.05, 4.69) is 21.2 Å². The third-order valence-electron chi connectivity index (χ3n) is 2.77. The van der Waals surface area contributed by atoms with Gasteiger partial charge in [-0.05, 0) is 48.9 Å². The van der Waals surface area contributed by atoms with Crippen molar-refractivity contribution in [3.05, 3.63) is 46.4 Å². The number of hydrogen-bond donors (Lipinski definition) is 2. The lowest BCUT2D eigenvalue weighted by molar-refractivity contribution is 0.0946. The van der Waals surface area contributed by atoms with Gasteiger partial charge in [-0.3, -0.25) is 4.79 Å². The van der Waals surface area contributed by atoms with Crippen LogP contribution < -0.4 is 11.1 Å². The lowest BCUT2D eigenvalue weighted by atomic mass is 10.1. The van der Waals surface area contributed by atoms with Gasteiger partial charge in [0.25, 0.3) is 5.91 Å². The smallest absolute Gasteiger partial charge is 0.251 e. The van der Waals surface area contributed by atoms with E-state index in [9.17, 15) is 4.79 Å². The summed E-state index contributed by atoms with van der Waals surface area (Å²) in [6.45, 7) is 4.21. The zero-order chi connectivity index (χ0) is 14.0. The molecular weight excluding hydrogens is 304 g/mol. The van der Waals surface area contributed by atoms with Crippen molar-refractivity contribution in [3.63, 3.8) is 0 Å². The second-order valence-corrected chi connectivity index (χ2v) is 6.29. The minimum atomic E-state index is -0.405. The van der Waals surface area contributed by atoms with E-state index >= 15 is 0 Å². The number of halogens is 1. The van der Waals surface area contributed by atoms with E-state index in [1.54, 1.807) is 0 Å². The van der Waals surface area contributed by atoms with Crippen LogP contribution in [0.1, 0.15) is 24.2 Å². The van der Waals surface area contributed by atoms with Crippen LogP contribution in [0.15, 0.2) is 40.9 Å². The van der Waals surface area contributed by atoms with Gasteiger partial charge < -0.3 is 11.1 Å². The highest BCUT2D eigenvalue weighted by Crippen LogP contribution is 2.20. The fourth-order valence-electron chi connectivity index (χ4n) is 1.77. The van der Waals surface area contributed by atoms with E-state index in [0.29, 0.717) is 12.1 Å². The van der Waals surface area contributed by atoms with Gasteiger partial charge in [0, 0.05) is 22.1 Å². The SMILES string of the molecule is CC(C)(N)CNC(=O)c1ccc2cc(Br)ccc2c1. The van der Waals surface area contributed by atoms with E-state index in [4.69, 9.17) is 5.73 Å². The summed E-state index contributed by atoms with van der Waals surface area (Å²) in [7, 11) is 0. The van der Waals surface area contributed by atoms with Crippen molar-refractivity contribution >= 4 is 32.6 Å². The number of nitrogens with two attached hydrogens (primary N) is 1. The zero-order valence-corrected chi connectivity index (χ0v) is 12.6. The molecule has 100 valence electrons. The summed E-state index contributed by atoms with van der Waals surface area (Å²) in [4.78, 5) is 12.0. The number of rotatable bonds is 3. The lowest BCUT2D eigenvalue weighted by Crippen LogP contribution is -2.45. The Kier molecular flexibility index (Phi) is 3.92. The van der Waals surface area contributed by atoms with Crippen LogP contribution in [0, 0.1) is 0 Å². The molecule has 2 rings (SSSR count). The van der Waals surface area contributed by atoms with Crippen molar-refractivity contribution in [2.45, 2.75) is 19.4 Å². The van der Waals surface area contributed by atoms with Gasteiger partial charge in [0.1, 0.15) is 0 Å². The molecule has 2 aromatic carbocycles. The van der Waals surface area contributed by atoms with Gasteiger partial charge >= 0.3 is 0 Å². The molecule has 0 radical (unpaired) electrons. The molecule has 1 amide bonds. The summed E-state index contributed by atoms with van der Waals surface area (Å²) in [6, 6.07) is 11.6. The molecule has 0 spiro atoms. The van der Waals surface area contributed by atoms with Crippen LogP contribution in [0.3, 0.4) is 0 Å². The predicted molar refractivity (Wildman–Crippen MR) is 82.2 cm³/mol. The molecule has 0 saturated carbocycles. The van der Waals surface area contributed by atoms with E-state index in [0.717, 1.165) is 15.2 Å². The lowest BCUT2D eigenvalue weighted by Gasteiger charge is -2.18. The molecule has 4 heteroatoms. The van der Waals surface area contributed by atoms with Crippen molar-refractivity contribution in [2.24, 2.45) is 5.73 Å². The van der Waals surface area contributed by atoms with E-state index in [1.165, 1.54) is 0 Å². The molecule has 3 N–H and O–H groups in total. The first kappa shape index (κ1) is 14.0. The van der Waals surface area contributed by atoms with E-state index in [1.807, 2.05) is 50.2 Å². The summed E-state index contributed by atoms with van der Waals surface area (Å²) in [5.74, 6) is -0.0941. The summed E-state index contributed by atoms with van der Waals surface area (Å²) in [5, 5.41) is 4.99. The van der Waals surface area contributed by atoms with E-state index in [-0.39, 0.29) is 5.91 Å². The van der Waals surface area contributed by atoms with Crippen molar-refractivity contribution in [1.29, 1.82) is 0 Å². The monoisotopic (exact) mass is 320 g/mol. The molecule has 0 aliphatic heterocycles. The highest BCUT2D eigenvalue weighted by Gasteiger charge is 2.13. The molecular formula is C15H17BrN2O. The van der Waals surface area contributed by atoms with Crippen LogP contribution in [0.4, 0.5) is 0 Å². The minimum absolute atomic E-state index is 0.0941. The zero-order valence-electron chi connectivity index (χ0n) is 11.0. The van der Waals surface area contributed by atoms with Gasteiger partial charge in [-0.15, -0.1) is 0 Å². The maximum atomic E-state index is 12.0. The van der Waals surface area contributed by atoms with Gasteiger partial charge in [-0.2, -0.15) is 0 Å². The first-order valence-electron chi connectivity index (χ1n) is 6.11. The number of carbonyl (C=O) groups is 1. The van der Waals surface area contributed by atoms with Crippen molar-refractivity contribution in [2.75, 3.05) is 6.54 Å². The Bertz CT molecular complexity index is 617. The van der Waals surface area contributed by atoms with Crippen LogP contribution in [-0.2, 0) is 0 Å². The van der Waals surface area contributed by atoms with Gasteiger partial charge in [-0.1, -0.05) is 28.1 Å². The van der Waals surface area contributed by atoms with Crippen molar-refractivity contribution in [3.8, 4) is 0 Å². The second kappa shape index (κ2) is 5.31. The van der Waals surface area contributed by atoms with Gasteiger partial charge in [0.15, 0.2) is 0 Å². The molecule has 0 aromatic heterocycles. The van der Waals surface area contributed by atoms with Gasteiger partial charge in [-0.25, -0.2) is 0 Å². The molecule has 0 bridgehead atoms. The molecule has 0 fully saturated rings. The second-order valence-electron chi connectivity index (χ2n) is 5.38. The van der Waals surface area contributed by atoms with Gasteiger partial charge in [0.2, 0.25) is 0 Å². The first-order chi connectivity index (χ1) is 8.85. The average molecular weight is 321 g/mol. The molecule has 2 aromatic rings. The molecule has 0 saturated heterocycles. The van der Waals surface area contributed by atoms with Crippen LogP contribution in [0.2, 0.25) is 0 Å². The quantitative estimate of drug-likeness (QED) is 0.913.